The number of anilines is 1. The number of aromatic nitrogens is 2. The van der Waals surface area contributed by atoms with Crippen LogP contribution in [-0.2, 0) is 17.6 Å². The highest BCUT2D eigenvalue weighted by molar-refractivity contribution is 5.74. The number of likely N-dealkylation sites (tertiary alicyclic amines) is 1. The van der Waals surface area contributed by atoms with Gasteiger partial charge in [0.25, 0.3) is 0 Å². The van der Waals surface area contributed by atoms with Crippen molar-refractivity contribution in [3.63, 3.8) is 0 Å². The molecule has 5 rings (SSSR count). The zero-order valence-electron chi connectivity index (χ0n) is 17.1. The maximum atomic E-state index is 13.9. The van der Waals surface area contributed by atoms with Crippen molar-refractivity contribution in [1.82, 2.24) is 14.9 Å². The van der Waals surface area contributed by atoms with E-state index >= 15 is 0 Å². The van der Waals surface area contributed by atoms with Gasteiger partial charge in [-0.1, -0.05) is 12.1 Å². The van der Waals surface area contributed by atoms with E-state index in [-0.39, 0.29) is 23.7 Å². The Balaban J connectivity index is 1.45. The SMILES string of the molecule is CC(=O)N1C[C@H]2CN(c3nc(C)c4c(n3)CCCC4)C[C@H]2[C@@H]1c1cccc(F)c1. The zero-order chi connectivity index (χ0) is 20.1. The number of benzene rings is 1. The summed E-state index contributed by atoms with van der Waals surface area (Å²) in [5, 5.41) is 0. The van der Waals surface area contributed by atoms with Gasteiger partial charge in [0.15, 0.2) is 0 Å². The van der Waals surface area contributed by atoms with Crippen LogP contribution in [0, 0.1) is 24.6 Å². The van der Waals surface area contributed by atoms with Crippen LogP contribution in [0.5, 0.6) is 0 Å². The van der Waals surface area contributed by atoms with E-state index in [1.54, 1.807) is 19.1 Å². The molecule has 0 radical (unpaired) electrons. The molecule has 0 unspecified atom stereocenters. The van der Waals surface area contributed by atoms with Crippen molar-refractivity contribution >= 4 is 11.9 Å². The smallest absolute Gasteiger partial charge is 0.225 e. The molecular formula is C23H27FN4O. The molecule has 0 N–H and O–H groups in total. The lowest BCUT2D eigenvalue weighted by atomic mass is 9.89. The third-order valence-electron chi connectivity index (χ3n) is 6.92. The van der Waals surface area contributed by atoms with Gasteiger partial charge in [0.1, 0.15) is 5.82 Å². The Morgan fingerprint density at radius 2 is 1.97 bits per heavy atom. The lowest BCUT2D eigenvalue weighted by molar-refractivity contribution is -0.130. The number of nitrogens with zero attached hydrogens (tertiary/aromatic N) is 4. The fraction of sp³-hybridized carbons (Fsp3) is 0.522. The Morgan fingerprint density at radius 1 is 1.14 bits per heavy atom. The van der Waals surface area contributed by atoms with Crippen LogP contribution in [-0.4, -0.2) is 40.4 Å². The lowest BCUT2D eigenvalue weighted by Crippen LogP contribution is -2.35. The molecule has 2 aliphatic heterocycles. The van der Waals surface area contributed by atoms with Gasteiger partial charge in [0.05, 0.1) is 6.04 Å². The van der Waals surface area contributed by atoms with Crippen LogP contribution in [0.25, 0.3) is 0 Å². The summed E-state index contributed by atoms with van der Waals surface area (Å²) in [5.41, 5.74) is 4.54. The average molecular weight is 394 g/mol. The molecule has 3 aliphatic rings. The van der Waals surface area contributed by atoms with E-state index in [9.17, 15) is 9.18 Å². The molecule has 2 aromatic rings. The maximum absolute atomic E-state index is 13.9. The average Bonchev–Trinajstić information content (AvgIpc) is 3.26. The lowest BCUT2D eigenvalue weighted by Gasteiger charge is -2.29. The van der Waals surface area contributed by atoms with Crippen LogP contribution in [0.4, 0.5) is 10.3 Å². The number of halogens is 1. The van der Waals surface area contributed by atoms with E-state index in [2.05, 4.69) is 11.8 Å². The standard InChI is InChI=1S/C23H27FN4O/c1-14-19-8-3-4-9-21(19)26-23(25-14)27-11-17-12-28(15(2)29)22(20(17)13-27)16-6-5-7-18(24)10-16/h5-7,10,17,20,22H,3-4,8-9,11-13H2,1-2H3/t17-,20-,22+/m1/s1. The molecule has 0 bridgehead atoms. The summed E-state index contributed by atoms with van der Waals surface area (Å²) in [6.45, 7) is 6.06. The van der Waals surface area contributed by atoms with Gasteiger partial charge < -0.3 is 9.80 Å². The van der Waals surface area contributed by atoms with Crippen LogP contribution in [0.3, 0.4) is 0 Å². The van der Waals surface area contributed by atoms with Crippen LogP contribution in [0.2, 0.25) is 0 Å². The van der Waals surface area contributed by atoms with E-state index in [4.69, 9.17) is 9.97 Å². The first kappa shape index (κ1) is 18.5. The highest BCUT2D eigenvalue weighted by Crippen LogP contribution is 2.45. The normalized spacial score (nSPS) is 25.8. The van der Waals surface area contributed by atoms with Gasteiger partial charge in [-0.05, 0) is 55.9 Å². The number of rotatable bonds is 2. The van der Waals surface area contributed by atoms with Gasteiger partial charge in [0.2, 0.25) is 11.9 Å². The van der Waals surface area contributed by atoms with Gasteiger partial charge in [-0.3, -0.25) is 4.79 Å². The van der Waals surface area contributed by atoms with Crippen molar-refractivity contribution in [3.05, 3.63) is 52.6 Å². The number of fused-ring (bicyclic) bond motifs is 2. The van der Waals surface area contributed by atoms with Gasteiger partial charge in [0, 0.05) is 49.8 Å². The molecule has 3 heterocycles. The molecule has 152 valence electrons. The molecule has 1 amide bonds. The Kier molecular flexibility index (Phi) is 4.52. The van der Waals surface area contributed by atoms with Crippen LogP contribution < -0.4 is 4.90 Å². The third-order valence-corrected chi connectivity index (χ3v) is 6.92. The summed E-state index contributed by atoms with van der Waals surface area (Å²) in [5.74, 6) is 1.25. The third kappa shape index (κ3) is 3.18. The first-order chi connectivity index (χ1) is 14.0. The summed E-state index contributed by atoms with van der Waals surface area (Å²) in [6, 6.07) is 6.62. The number of amides is 1. The summed E-state index contributed by atoms with van der Waals surface area (Å²) in [6.07, 6.45) is 4.54. The van der Waals surface area contributed by atoms with Crippen molar-refractivity contribution in [3.8, 4) is 0 Å². The van der Waals surface area contributed by atoms with Crippen molar-refractivity contribution in [2.24, 2.45) is 11.8 Å². The van der Waals surface area contributed by atoms with Crippen molar-refractivity contribution in [1.29, 1.82) is 0 Å². The molecule has 5 nitrogen and oxygen atoms in total. The van der Waals surface area contributed by atoms with Crippen molar-refractivity contribution < 1.29 is 9.18 Å². The Labute approximate surface area is 171 Å². The number of hydrogen-bond acceptors (Lipinski definition) is 4. The van der Waals surface area contributed by atoms with Crippen molar-refractivity contribution in [2.75, 3.05) is 24.5 Å². The molecule has 0 saturated carbocycles. The second-order valence-corrected chi connectivity index (χ2v) is 8.74. The first-order valence-electron chi connectivity index (χ1n) is 10.7. The van der Waals surface area contributed by atoms with E-state index < -0.39 is 0 Å². The summed E-state index contributed by atoms with van der Waals surface area (Å²) in [4.78, 5) is 26.3. The highest BCUT2D eigenvalue weighted by Gasteiger charge is 2.49. The molecule has 1 aliphatic carbocycles. The number of aryl methyl sites for hydroxylation is 2. The second-order valence-electron chi connectivity index (χ2n) is 8.74. The molecule has 2 saturated heterocycles. The minimum atomic E-state index is -0.252. The second kappa shape index (κ2) is 7.08. The number of carbonyl (C=O) groups is 1. The van der Waals surface area contributed by atoms with Gasteiger partial charge in [-0.25, -0.2) is 14.4 Å². The highest BCUT2D eigenvalue weighted by atomic mass is 19.1. The van der Waals surface area contributed by atoms with Crippen LogP contribution in [0.1, 0.15) is 48.3 Å². The number of carbonyl (C=O) groups excluding carboxylic acids is 1. The summed E-state index contributed by atoms with van der Waals surface area (Å²) in [7, 11) is 0. The largest absolute Gasteiger partial charge is 0.340 e. The Bertz CT molecular complexity index is 962. The van der Waals surface area contributed by atoms with E-state index in [1.165, 1.54) is 30.2 Å². The zero-order valence-corrected chi connectivity index (χ0v) is 17.1. The monoisotopic (exact) mass is 394 g/mol. The maximum Gasteiger partial charge on any atom is 0.225 e. The van der Waals surface area contributed by atoms with Crippen LogP contribution >= 0.6 is 0 Å². The fourth-order valence-electron chi connectivity index (χ4n) is 5.56. The van der Waals surface area contributed by atoms with E-state index in [1.807, 2.05) is 11.0 Å². The topological polar surface area (TPSA) is 49.3 Å². The molecule has 0 spiro atoms. The minimum absolute atomic E-state index is 0.0566. The summed E-state index contributed by atoms with van der Waals surface area (Å²) >= 11 is 0. The minimum Gasteiger partial charge on any atom is -0.340 e. The van der Waals surface area contributed by atoms with E-state index in [0.717, 1.165) is 43.1 Å². The predicted molar refractivity (Wildman–Crippen MR) is 109 cm³/mol. The first-order valence-corrected chi connectivity index (χ1v) is 10.7. The molecule has 29 heavy (non-hydrogen) atoms. The summed E-state index contributed by atoms with van der Waals surface area (Å²) < 4.78 is 13.9. The quantitative estimate of drug-likeness (QED) is 0.783. The van der Waals surface area contributed by atoms with E-state index in [0.29, 0.717) is 12.5 Å². The van der Waals surface area contributed by atoms with Crippen LogP contribution in [0.15, 0.2) is 24.3 Å². The molecule has 6 heteroatoms. The van der Waals surface area contributed by atoms with Gasteiger partial charge in [-0.2, -0.15) is 0 Å². The molecule has 3 atom stereocenters. The Hall–Kier alpha value is -2.50. The van der Waals surface area contributed by atoms with Crippen molar-refractivity contribution in [2.45, 2.75) is 45.6 Å². The predicted octanol–water partition coefficient (Wildman–Crippen LogP) is 3.46. The molecule has 1 aromatic carbocycles. The number of hydrogen-bond donors (Lipinski definition) is 0. The van der Waals surface area contributed by atoms with Gasteiger partial charge in [-0.15, -0.1) is 0 Å². The molecule has 2 fully saturated rings. The fourth-order valence-corrected chi connectivity index (χ4v) is 5.56. The molecular weight excluding hydrogens is 367 g/mol. The van der Waals surface area contributed by atoms with Gasteiger partial charge >= 0.3 is 0 Å². The molecule has 1 aromatic heterocycles. The Morgan fingerprint density at radius 3 is 2.76 bits per heavy atom.